The predicted molar refractivity (Wildman–Crippen MR) is 88.3 cm³/mol. The lowest BCUT2D eigenvalue weighted by atomic mass is 10.0. The summed E-state index contributed by atoms with van der Waals surface area (Å²) >= 11 is 7.12. The molecular formula is C15H22Br2N2. The number of nitrogens with two attached hydrogens (primary N) is 1. The number of unbranched alkanes of at least 4 members (excludes halogenated alkanes) is 1. The number of rotatable bonds is 7. The first-order valence-corrected chi connectivity index (χ1v) is 8.66. The number of benzene rings is 1. The lowest BCUT2D eigenvalue weighted by molar-refractivity contribution is 0.188. The van der Waals surface area contributed by atoms with Crippen LogP contribution in [0.1, 0.15) is 44.2 Å². The lowest BCUT2D eigenvalue weighted by Gasteiger charge is -2.31. The molecule has 1 atom stereocenters. The Bertz CT molecular complexity index is 419. The molecule has 0 aliphatic heterocycles. The van der Waals surface area contributed by atoms with Crippen LogP contribution in [-0.4, -0.2) is 24.0 Å². The smallest absolute Gasteiger partial charge is 0.0473 e. The number of hydrogen-bond donors (Lipinski definition) is 1. The molecule has 2 nitrogen and oxygen atoms in total. The minimum atomic E-state index is 0.350. The van der Waals surface area contributed by atoms with E-state index in [0.717, 1.165) is 21.5 Å². The van der Waals surface area contributed by atoms with Crippen molar-refractivity contribution in [3.8, 4) is 0 Å². The third kappa shape index (κ3) is 4.03. The molecule has 1 saturated carbocycles. The second kappa shape index (κ2) is 7.21. The Morgan fingerprint density at radius 1 is 1.32 bits per heavy atom. The van der Waals surface area contributed by atoms with Crippen molar-refractivity contribution < 1.29 is 0 Å². The molecule has 0 heterocycles. The zero-order valence-electron chi connectivity index (χ0n) is 11.4. The van der Waals surface area contributed by atoms with Gasteiger partial charge in [0.1, 0.15) is 0 Å². The van der Waals surface area contributed by atoms with Crippen molar-refractivity contribution in [1.82, 2.24) is 4.90 Å². The fourth-order valence-corrected chi connectivity index (χ4v) is 3.17. The first-order valence-electron chi connectivity index (χ1n) is 7.08. The van der Waals surface area contributed by atoms with E-state index in [1.165, 1.54) is 31.2 Å². The average Bonchev–Trinajstić information content (AvgIpc) is 3.22. The first-order chi connectivity index (χ1) is 9.17. The largest absolute Gasteiger partial charge is 0.329 e. The maximum atomic E-state index is 6.06. The number of hydrogen-bond acceptors (Lipinski definition) is 2. The summed E-state index contributed by atoms with van der Waals surface area (Å²) < 4.78 is 2.20. The topological polar surface area (TPSA) is 29.3 Å². The van der Waals surface area contributed by atoms with E-state index in [0.29, 0.717) is 12.6 Å². The van der Waals surface area contributed by atoms with Gasteiger partial charge >= 0.3 is 0 Å². The highest BCUT2D eigenvalue weighted by atomic mass is 79.9. The van der Waals surface area contributed by atoms with Crippen LogP contribution in [0.15, 0.2) is 27.1 Å². The number of nitrogens with zero attached hydrogens (tertiary/aromatic N) is 1. The van der Waals surface area contributed by atoms with Gasteiger partial charge in [0, 0.05) is 27.6 Å². The lowest BCUT2D eigenvalue weighted by Crippen LogP contribution is -2.36. The Labute approximate surface area is 133 Å². The van der Waals surface area contributed by atoms with Gasteiger partial charge in [-0.1, -0.05) is 19.4 Å². The second-order valence-electron chi connectivity index (χ2n) is 5.25. The van der Waals surface area contributed by atoms with Crippen molar-refractivity contribution in [2.75, 3.05) is 13.1 Å². The molecule has 1 unspecified atom stereocenters. The van der Waals surface area contributed by atoms with E-state index >= 15 is 0 Å². The van der Waals surface area contributed by atoms with Crippen LogP contribution in [0.4, 0.5) is 0 Å². The van der Waals surface area contributed by atoms with E-state index in [-0.39, 0.29) is 0 Å². The van der Waals surface area contributed by atoms with E-state index in [2.05, 4.69) is 61.9 Å². The van der Waals surface area contributed by atoms with E-state index in [1.807, 2.05) is 0 Å². The maximum Gasteiger partial charge on any atom is 0.0473 e. The van der Waals surface area contributed by atoms with Crippen LogP contribution < -0.4 is 5.73 Å². The molecule has 0 aromatic heterocycles. The molecule has 1 aliphatic carbocycles. The number of halogens is 2. The third-order valence-corrected chi connectivity index (χ3v) is 5.62. The maximum absolute atomic E-state index is 6.06. The van der Waals surface area contributed by atoms with Gasteiger partial charge in [-0.3, -0.25) is 4.90 Å². The quantitative estimate of drug-likeness (QED) is 0.744. The Balaban J connectivity index is 2.17. The van der Waals surface area contributed by atoms with Gasteiger partial charge < -0.3 is 5.73 Å². The van der Waals surface area contributed by atoms with Crippen LogP contribution in [0.2, 0.25) is 0 Å². The van der Waals surface area contributed by atoms with Crippen molar-refractivity contribution in [2.24, 2.45) is 5.73 Å². The van der Waals surface area contributed by atoms with Crippen molar-refractivity contribution in [3.63, 3.8) is 0 Å². The van der Waals surface area contributed by atoms with Crippen molar-refractivity contribution in [1.29, 1.82) is 0 Å². The highest BCUT2D eigenvalue weighted by molar-refractivity contribution is 9.13. The fraction of sp³-hybridized carbons (Fsp3) is 0.600. The third-order valence-electron chi connectivity index (χ3n) is 3.74. The Kier molecular flexibility index (Phi) is 5.87. The molecule has 0 amide bonds. The van der Waals surface area contributed by atoms with Crippen LogP contribution in [0.3, 0.4) is 0 Å². The van der Waals surface area contributed by atoms with E-state index in [1.54, 1.807) is 0 Å². The molecule has 0 saturated heterocycles. The normalized spacial score (nSPS) is 16.9. The molecule has 19 heavy (non-hydrogen) atoms. The summed E-state index contributed by atoms with van der Waals surface area (Å²) in [6, 6.07) is 7.59. The average molecular weight is 390 g/mol. The van der Waals surface area contributed by atoms with Crippen LogP contribution in [0, 0.1) is 0 Å². The summed E-state index contributed by atoms with van der Waals surface area (Å²) in [5.41, 5.74) is 7.38. The summed E-state index contributed by atoms with van der Waals surface area (Å²) in [7, 11) is 0. The molecule has 2 rings (SSSR count). The summed E-state index contributed by atoms with van der Waals surface area (Å²) in [4.78, 5) is 2.61. The van der Waals surface area contributed by atoms with Crippen molar-refractivity contribution in [3.05, 3.63) is 32.7 Å². The monoisotopic (exact) mass is 388 g/mol. The highest BCUT2D eigenvalue weighted by Crippen LogP contribution is 2.36. The van der Waals surface area contributed by atoms with Gasteiger partial charge in [-0.2, -0.15) is 0 Å². The van der Waals surface area contributed by atoms with Gasteiger partial charge in [0.25, 0.3) is 0 Å². The van der Waals surface area contributed by atoms with Crippen molar-refractivity contribution in [2.45, 2.75) is 44.7 Å². The molecule has 4 heteroatoms. The summed E-state index contributed by atoms with van der Waals surface area (Å²) in [5, 5.41) is 0. The predicted octanol–water partition coefficient (Wildman–Crippen LogP) is 4.48. The molecule has 0 spiro atoms. The van der Waals surface area contributed by atoms with E-state index in [4.69, 9.17) is 5.73 Å². The molecule has 1 fully saturated rings. The second-order valence-corrected chi connectivity index (χ2v) is 6.96. The molecule has 2 N–H and O–H groups in total. The SMILES string of the molecule is CCCCN(C1CC1)C(CN)c1ccc(Br)c(Br)c1. The summed E-state index contributed by atoms with van der Waals surface area (Å²) in [5.74, 6) is 0. The molecular weight excluding hydrogens is 368 g/mol. The standard InChI is InChI=1S/C15H22Br2N2/c1-2-3-8-19(12-5-6-12)15(10-18)11-4-7-13(16)14(17)9-11/h4,7,9,12,15H,2-3,5-6,8,10,18H2,1H3. The zero-order chi connectivity index (χ0) is 13.8. The Morgan fingerprint density at radius 2 is 2.05 bits per heavy atom. The first kappa shape index (κ1) is 15.5. The molecule has 1 aliphatic rings. The molecule has 0 bridgehead atoms. The van der Waals surface area contributed by atoms with Gasteiger partial charge in [0.2, 0.25) is 0 Å². The van der Waals surface area contributed by atoms with E-state index < -0.39 is 0 Å². The van der Waals surface area contributed by atoms with Gasteiger partial charge in [-0.25, -0.2) is 0 Å². The molecule has 0 radical (unpaired) electrons. The molecule has 1 aromatic rings. The van der Waals surface area contributed by atoms with E-state index in [9.17, 15) is 0 Å². The Hall–Kier alpha value is 0.1000. The van der Waals surface area contributed by atoms with Crippen LogP contribution in [-0.2, 0) is 0 Å². The Morgan fingerprint density at radius 3 is 2.58 bits per heavy atom. The van der Waals surface area contributed by atoms with Gasteiger partial charge in [-0.15, -0.1) is 0 Å². The van der Waals surface area contributed by atoms with Crippen LogP contribution in [0.25, 0.3) is 0 Å². The van der Waals surface area contributed by atoms with Gasteiger partial charge in [0.05, 0.1) is 0 Å². The summed E-state index contributed by atoms with van der Waals surface area (Å²) in [6.07, 6.45) is 5.16. The fourth-order valence-electron chi connectivity index (χ4n) is 2.52. The summed E-state index contributed by atoms with van der Waals surface area (Å²) in [6.45, 7) is 4.10. The van der Waals surface area contributed by atoms with Gasteiger partial charge in [-0.05, 0) is 75.4 Å². The van der Waals surface area contributed by atoms with Crippen LogP contribution >= 0.6 is 31.9 Å². The molecule has 106 valence electrons. The minimum Gasteiger partial charge on any atom is -0.329 e. The van der Waals surface area contributed by atoms with Crippen molar-refractivity contribution >= 4 is 31.9 Å². The minimum absolute atomic E-state index is 0.350. The van der Waals surface area contributed by atoms with Gasteiger partial charge in [0.15, 0.2) is 0 Å². The zero-order valence-corrected chi connectivity index (χ0v) is 14.6. The molecule has 1 aromatic carbocycles. The highest BCUT2D eigenvalue weighted by Gasteiger charge is 2.33. The van der Waals surface area contributed by atoms with Crippen LogP contribution in [0.5, 0.6) is 0 Å².